The Labute approximate surface area is 229 Å². The van der Waals surface area contributed by atoms with Crippen LogP contribution in [-0.4, -0.2) is 60.7 Å². The second-order valence-electron chi connectivity index (χ2n) is 12.3. The number of hydrogen-bond acceptors (Lipinski definition) is 5. The average Bonchev–Trinajstić information content (AvgIpc) is 3.33. The molecule has 4 aliphatic carbocycles. The first-order valence-corrected chi connectivity index (χ1v) is 15.0. The molecule has 6 aliphatic rings. The molecule has 7 rings (SSSR count). The summed E-state index contributed by atoms with van der Waals surface area (Å²) in [5.74, 6) is 2.17. The van der Waals surface area contributed by atoms with Crippen LogP contribution in [0.2, 0.25) is 5.02 Å². The van der Waals surface area contributed by atoms with E-state index in [0.717, 1.165) is 50.7 Å². The van der Waals surface area contributed by atoms with Crippen molar-refractivity contribution in [2.24, 2.45) is 23.7 Å². The van der Waals surface area contributed by atoms with E-state index in [4.69, 9.17) is 16.3 Å². The Morgan fingerprint density at radius 1 is 0.974 bits per heavy atom. The first-order valence-electron chi connectivity index (χ1n) is 14.6. The molecule has 208 valence electrons. The predicted octanol–water partition coefficient (Wildman–Crippen LogP) is 3.85. The maximum atomic E-state index is 13.6. The SMILES string of the molecule is O=C(COc1ccc(Cl)c(F)c1)N[C@@H]1C[C@H](NC(=O)C2NCN3CC(C4CCCCC4)CCC23)C2CC1C2. The van der Waals surface area contributed by atoms with Gasteiger partial charge in [-0.2, -0.15) is 0 Å². The van der Waals surface area contributed by atoms with Crippen LogP contribution in [0.4, 0.5) is 4.39 Å². The zero-order chi connectivity index (χ0) is 26.2. The van der Waals surface area contributed by atoms with Gasteiger partial charge in [0.1, 0.15) is 17.6 Å². The Balaban J connectivity index is 0.978. The summed E-state index contributed by atoms with van der Waals surface area (Å²) in [6.45, 7) is 1.74. The highest BCUT2D eigenvalue weighted by molar-refractivity contribution is 6.30. The van der Waals surface area contributed by atoms with E-state index in [0.29, 0.717) is 11.8 Å². The zero-order valence-electron chi connectivity index (χ0n) is 22.0. The lowest BCUT2D eigenvalue weighted by Gasteiger charge is -2.51. The number of carbonyl (C=O) groups excluding carboxylic acids is 2. The molecule has 1 aromatic carbocycles. The Morgan fingerprint density at radius 2 is 1.74 bits per heavy atom. The van der Waals surface area contributed by atoms with E-state index in [1.54, 1.807) is 6.07 Å². The average molecular weight is 547 g/mol. The highest BCUT2D eigenvalue weighted by Gasteiger charge is 2.49. The lowest BCUT2D eigenvalue weighted by atomic mass is 9.60. The summed E-state index contributed by atoms with van der Waals surface area (Å²) in [5, 5.41) is 9.99. The Hall–Kier alpha value is -1.90. The van der Waals surface area contributed by atoms with Crippen molar-refractivity contribution in [1.82, 2.24) is 20.9 Å². The molecule has 38 heavy (non-hydrogen) atoms. The number of rotatable bonds is 7. The number of nitrogens with one attached hydrogen (secondary N) is 3. The first kappa shape index (κ1) is 26.3. The molecule has 5 atom stereocenters. The number of nitrogens with zero attached hydrogens (tertiary/aromatic N) is 1. The minimum atomic E-state index is -0.576. The van der Waals surface area contributed by atoms with Crippen LogP contribution in [0.3, 0.4) is 0 Å². The number of fused-ring (bicyclic) bond motifs is 3. The molecular formula is C29H40ClFN4O3. The summed E-state index contributed by atoms with van der Waals surface area (Å²) in [5.41, 5.74) is 0. The van der Waals surface area contributed by atoms with Crippen LogP contribution in [0.15, 0.2) is 18.2 Å². The number of ether oxygens (including phenoxy) is 1. The molecule has 1 aromatic rings. The zero-order valence-corrected chi connectivity index (χ0v) is 22.7. The molecular weight excluding hydrogens is 507 g/mol. The summed E-state index contributed by atoms with van der Waals surface area (Å²) in [4.78, 5) is 28.5. The summed E-state index contributed by atoms with van der Waals surface area (Å²) >= 11 is 5.71. The van der Waals surface area contributed by atoms with Gasteiger partial charge in [-0.25, -0.2) is 4.39 Å². The van der Waals surface area contributed by atoms with Gasteiger partial charge < -0.3 is 15.4 Å². The van der Waals surface area contributed by atoms with Crippen molar-refractivity contribution >= 4 is 23.4 Å². The first-order chi connectivity index (χ1) is 18.4. The van der Waals surface area contributed by atoms with E-state index in [2.05, 4.69) is 20.9 Å². The van der Waals surface area contributed by atoms with Crippen molar-refractivity contribution in [3.8, 4) is 5.75 Å². The van der Waals surface area contributed by atoms with E-state index in [1.807, 2.05) is 0 Å². The van der Waals surface area contributed by atoms with Gasteiger partial charge in [0, 0.05) is 37.4 Å². The van der Waals surface area contributed by atoms with Gasteiger partial charge in [-0.3, -0.25) is 19.8 Å². The van der Waals surface area contributed by atoms with Gasteiger partial charge in [-0.05, 0) is 67.9 Å². The molecule has 2 amide bonds. The molecule has 9 heteroatoms. The fraction of sp³-hybridized carbons (Fsp3) is 0.724. The van der Waals surface area contributed by atoms with Gasteiger partial charge in [0.05, 0.1) is 5.02 Å². The fourth-order valence-corrected chi connectivity index (χ4v) is 8.00. The van der Waals surface area contributed by atoms with Crippen molar-refractivity contribution in [2.75, 3.05) is 19.8 Å². The van der Waals surface area contributed by atoms with Crippen molar-refractivity contribution in [2.45, 2.75) is 88.4 Å². The maximum absolute atomic E-state index is 13.6. The van der Waals surface area contributed by atoms with Crippen LogP contribution >= 0.6 is 11.6 Å². The Kier molecular flexibility index (Phi) is 7.83. The highest BCUT2D eigenvalue weighted by Crippen LogP contribution is 2.46. The van der Waals surface area contributed by atoms with Crippen LogP contribution in [0, 0.1) is 29.5 Å². The van der Waals surface area contributed by atoms with Crippen molar-refractivity contribution in [3.05, 3.63) is 29.0 Å². The lowest BCUT2D eigenvalue weighted by Crippen LogP contribution is -2.62. The number of amides is 2. The predicted molar refractivity (Wildman–Crippen MR) is 143 cm³/mol. The summed E-state index contributed by atoms with van der Waals surface area (Å²) in [6, 6.07) is 4.37. The fourth-order valence-electron chi connectivity index (χ4n) is 7.88. The van der Waals surface area contributed by atoms with Crippen molar-refractivity contribution < 1.29 is 18.7 Å². The number of hydrogen-bond donors (Lipinski definition) is 3. The second-order valence-corrected chi connectivity index (χ2v) is 12.7. The minimum absolute atomic E-state index is 0.0160. The lowest BCUT2D eigenvalue weighted by molar-refractivity contribution is -0.127. The van der Waals surface area contributed by atoms with Gasteiger partial charge in [-0.1, -0.05) is 43.7 Å². The van der Waals surface area contributed by atoms with Crippen LogP contribution in [-0.2, 0) is 9.59 Å². The quantitative estimate of drug-likeness (QED) is 0.484. The number of halogens is 2. The van der Waals surface area contributed by atoms with Gasteiger partial charge in [0.15, 0.2) is 6.61 Å². The molecule has 4 saturated carbocycles. The molecule has 3 unspecified atom stereocenters. The van der Waals surface area contributed by atoms with Gasteiger partial charge in [0.2, 0.25) is 5.91 Å². The summed E-state index contributed by atoms with van der Waals surface area (Å²) < 4.78 is 19.1. The number of piperidine rings is 1. The second kappa shape index (κ2) is 11.3. The van der Waals surface area contributed by atoms with E-state index < -0.39 is 5.82 Å². The molecule has 6 fully saturated rings. The number of carbonyl (C=O) groups is 2. The van der Waals surface area contributed by atoms with Crippen LogP contribution < -0.4 is 20.7 Å². The topological polar surface area (TPSA) is 82.7 Å². The smallest absolute Gasteiger partial charge is 0.258 e. The van der Waals surface area contributed by atoms with Crippen molar-refractivity contribution in [3.63, 3.8) is 0 Å². The highest BCUT2D eigenvalue weighted by atomic mass is 35.5. The maximum Gasteiger partial charge on any atom is 0.258 e. The van der Waals surface area contributed by atoms with Crippen LogP contribution in [0.1, 0.15) is 64.2 Å². The van der Waals surface area contributed by atoms with E-state index in [-0.39, 0.29) is 53.4 Å². The molecule has 0 spiro atoms. The molecule has 7 nitrogen and oxygen atoms in total. The monoisotopic (exact) mass is 546 g/mol. The molecule has 0 aromatic heterocycles. The molecule has 2 saturated heterocycles. The van der Waals surface area contributed by atoms with Crippen LogP contribution in [0.25, 0.3) is 0 Å². The Morgan fingerprint density at radius 3 is 2.50 bits per heavy atom. The number of benzene rings is 1. The minimum Gasteiger partial charge on any atom is -0.484 e. The molecule has 3 N–H and O–H groups in total. The molecule has 2 aliphatic heterocycles. The largest absolute Gasteiger partial charge is 0.484 e. The third-order valence-corrected chi connectivity index (χ3v) is 10.4. The third-order valence-electron chi connectivity index (χ3n) is 10.1. The Bertz CT molecular complexity index is 1030. The summed E-state index contributed by atoms with van der Waals surface area (Å²) in [7, 11) is 0. The van der Waals surface area contributed by atoms with Gasteiger partial charge >= 0.3 is 0 Å². The van der Waals surface area contributed by atoms with Gasteiger partial charge in [-0.15, -0.1) is 0 Å². The molecule has 2 heterocycles. The molecule has 0 radical (unpaired) electrons. The van der Waals surface area contributed by atoms with Crippen molar-refractivity contribution in [1.29, 1.82) is 0 Å². The summed E-state index contributed by atoms with van der Waals surface area (Å²) in [6.07, 6.45) is 12.1. The van der Waals surface area contributed by atoms with E-state index >= 15 is 0 Å². The third kappa shape index (κ3) is 5.54. The molecule has 2 bridgehead atoms. The van der Waals surface area contributed by atoms with E-state index in [1.165, 1.54) is 50.7 Å². The standard InChI is InChI=1S/C29H40ClFN4O3/c30-22-8-7-21(12-23(22)31)38-15-27(36)33-24-13-25(20-10-19(24)11-20)34-29(37)28-26-9-6-18(14-35(26)16-32-28)17-4-2-1-3-5-17/h7-8,12,17-20,24-26,28,32H,1-6,9-11,13-16H2,(H,33,36)(H,34,37)/t18?,19?,20?,24-,25+,26?,28?/m1/s1. The van der Waals surface area contributed by atoms with Gasteiger partial charge in [0.25, 0.3) is 5.91 Å². The normalized spacial score (nSPS) is 35.2. The van der Waals surface area contributed by atoms with Crippen LogP contribution in [0.5, 0.6) is 5.75 Å². The van der Waals surface area contributed by atoms with E-state index in [9.17, 15) is 14.0 Å².